The summed E-state index contributed by atoms with van der Waals surface area (Å²) in [6.45, 7) is 5.73. The normalized spacial score (nSPS) is 42.8. The van der Waals surface area contributed by atoms with Gasteiger partial charge in [-0.15, -0.1) is 0 Å². The van der Waals surface area contributed by atoms with Crippen LogP contribution in [-0.4, -0.2) is 62.9 Å². The molecule has 0 aromatic heterocycles. The molecule has 4 fully saturated rings. The number of hydrogen-bond acceptors (Lipinski definition) is 3. The first-order valence-electron chi connectivity index (χ1n) is 8.44. The van der Waals surface area contributed by atoms with E-state index in [1.165, 1.54) is 36.6 Å². The van der Waals surface area contributed by atoms with Gasteiger partial charge in [0.05, 0.1) is 45.4 Å². The van der Waals surface area contributed by atoms with Gasteiger partial charge in [0.15, 0.2) is 5.79 Å². The fourth-order valence-electron chi connectivity index (χ4n) is 5.40. The van der Waals surface area contributed by atoms with Crippen molar-refractivity contribution in [3.05, 3.63) is 0 Å². The van der Waals surface area contributed by atoms with Gasteiger partial charge >= 0.3 is 0 Å². The molecule has 114 valence electrons. The van der Waals surface area contributed by atoms with Crippen LogP contribution in [-0.2, 0) is 14.2 Å². The molecule has 3 atom stereocenters. The highest BCUT2D eigenvalue weighted by Gasteiger charge is 2.61. The molecule has 1 spiro atoms. The van der Waals surface area contributed by atoms with Gasteiger partial charge in [0.2, 0.25) is 0 Å². The Kier molecular flexibility index (Phi) is 3.33. The van der Waals surface area contributed by atoms with E-state index >= 15 is 0 Å². The molecule has 0 aromatic carbocycles. The number of quaternary nitrogens is 1. The molecule has 0 amide bonds. The van der Waals surface area contributed by atoms with Gasteiger partial charge < -0.3 is 18.7 Å². The zero-order valence-electron chi connectivity index (χ0n) is 12.7. The zero-order valence-corrected chi connectivity index (χ0v) is 12.7. The first-order valence-corrected chi connectivity index (χ1v) is 8.44. The van der Waals surface area contributed by atoms with E-state index in [-0.39, 0.29) is 5.79 Å². The highest BCUT2D eigenvalue weighted by atomic mass is 16.7. The van der Waals surface area contributed by atoms with Gasteiger partial charge in [0.25, 0.3) is 0 Å². The van der Waals surface area contributed by atoms with Crippen LogP contribution in [0, 0.1) is 11.8 Å². The Hall–Kier alpha value is -0.160. The molecule has 4 aliphatic rings. The van der Waals surface area contributed by atoms with Crippen molar-refractivity contribution < 1.29 is 18.7 Å². The Bertz CT molecular complexity index is 361. The largest absolute Gasteiger partial charge is 0.370 e. The molecule has 4 heteroatoms. The number of likely N-dealkylation sites (N-methyl/N-ethyl adjacent to an activating group) is 1. The van der Waals surface area contributed by atoms with Crippen LogP contribution in [0.5, 0.6) is 0 Å². The first kappa shape index (κ1) is 13.5. The van der Waals surface area contributed by atoms with Crippen molar-refractivity contribution in [3.8, 4) is 0 Å². The Morgan fingerprint density at radius 1 is 0.900 bits per heavy atom. The lowest BCUT2D eigenvalue weighted by molar-refractivity contribution is -0.947. The third kappa shape index (κ3) is 1.88. The fraction of sp³-hybridized carbons (Fsp3) is 1.00. The van der Waals surface area contributed by atoms with E-state index < -0.39 is 0 Å². The number of rotatable bonds is 1. The topological polar surface area (TPSA) is 27.7 Å². The van der Waals surface area contributed by atoms with E-state index in [0.717, 1.165) is 39.5 Å². The van der Waals surface area contributed by atoms with Gasteiger partial charge in [-0.2, -0.15) is 0 Å². The van der Waals surface area contributed by atoms with E-state index in [1.807, 2.05) is 0 Å². The van der Waals surface area contributed by atoms with Crippen molar-refractivity contribution in [1.82, 2.24) is 0 Å². The second-order valence-corrected chi connectivity index (χ2v) is 7.34. The van der Waals surface area contributed by atoms with E-state index in [1.54, 1.807) is 0 Å². The van der Waals surface area contributed by atoms with Crippen LogP contribution in [0.25, 0.3) is 0 Å². The van der Waals surface area contributed by atoms with E-state index in [4.69, 9.17) is 14.2 Å². The monoisotopic (exact) mass is 282 g/mol. The van der Waals surface area contributed by atoms with Gasteiger partial charge in [-0.05, 0) is 19.3 Å². The van der Waals surface area contributed by atoms with Crippen molar-refractivity contribution >= 4 is 0 Å². The Morgan fingerprint density at radius 2 is 1.65 bits per heavy atom. The molecule has 20 heavy (non-hydrogen) atoms. The molecule has 0 aromatic rings. The SMILES string of the molecule is C[N+]1([C@@H]2CC[C@@H]3CCC[C@@H]2C32OCCO2)CCOCC1. The van der Waals surface area contributed by atoms with Crippen molar-refractivity contribution in [2.24, 2.45) is 11.8 Å². The summed E-state index contributed by atoms with van der Waals surface area (Å²) in [6.07, 6.45) is 6.58. The number of ether oxygens (including phenoxy) is 3. The van der Waals surface area contributed by atoms with Crippen LogP contribution < -0.4 is 0 Å². The number of hydrogen-bond donors (Lipinski definition) is 0. The lowest BCUT2D eigenvalue weighted by atomic mass is 9.64. The summed E-state index contributed by atoms with van der Waals surface area (Å²) >= 11 is 0. The smallest absolute Gasteiger partial charge is 0.179 e. The molecule has 0 radical (unpaired) electrons. The lowest BCUT2D eigenvalue weighted by Gasteiger charge is -2.57. The van der Waals surface area contributed by atoms with Gasteiger partial charge in [-0.3, -0.25) is 0 Å². The molecule has 2 aliphatic carbocycles. The molecule has 2 bridgehead atoms. The molecule has 0 unspecified atom stereocenters. The first-order chi connectivity index (χ1) is 9.75. The van der Waals surface area contributed by atoms with Crippen LogP contribution in [0.4, 0.5) is 0 Å². The summed E-state index contributed by atoms with van der Waals surface area (Å²) in [5.41, 5.74) is 0. The summed E-state index contributed by atoms with van der Waals surface area (Å²) in [5, 5.41) is 0. The van der Waals surface area contributed by atoms with Crippen molar-refractivity contribution in [2.45, 2.75) is 43.9 Å². The number of morpholine rings is 1. The minimum atomic E-state index is -0.221. The zero-order chi connectivity index (χ0) is 13.6. The quantitative estimate of drug-likeness (QED) is 0.686. The highest BCUT2D eigenvalue weighted by Crippen LogP contribution is 2.53. The van der Waals surface area contributed by atoms with Crippen LogP contribution in [0.1, 0.15) is 32.1 Å². The maximum atomic E-state index is 6.25. The maximum absolute atomic E-state index is 6.25. The highest BCUT2D eigenvalue weighted by molar-refractivity contribution is 5.00. The Morgan fingerprint density at radius 3 is 2.40 bits per heavy atom. The standard InChI is InChI=1S/C16H28NO3/c1-17(7-9-18-10-8-17)15-6-5-13-3-2-4-14(15)16(13)19-11-12-20-16/h13-15H,2-12H2,1H3/q+1/t13-,14-,15+/m0/s1. The summed E-state index contributed by atoms with van der Waals surface area (Å²) in [7, 11) is 2.44. The molecule has 2 aliphatic heterocycles. The molecular formula is C16H28NO3+. The Labute approximate surface area is 122 Å². The van der Waals surface area contributed by atoms with Gasteiger partial charge in [-0.1, -0.05) is 6.42 Å². The van der Waals surface area contributed by atoms with E-state index in [9.17, 15) is 0 Å². The minimum Gasteiger partial charge on any atom is -0.370 e. The third-order valence-corrected chi connectivity index (χ3v) is 6.46. The minimum absolute atomic E-state index is 0.221. The van der Waals surface area contributed by atoms with Crippen LogP contribution >= 0.6 is 0 Å². The summed E-state index contributed by atoms with van der Waals surface area (Å²) in [6, 6.07) is 0.702. The average Bonchev–Trinajstić information content (AvgIpc) is 2.88. The summed E-state index contributed by atoms with van der Waals surface area (Å²) in [4.78, 5) is 0. The second kappa shape index (κ2) is 4.94. The van der Waals surface area contributed by atoms with Crippen LogP contribution in [0.3, 0.4) is 0 Å². The van der Waals surface area contributed by atoms with Crippen LogP contribution in [0.15, 0.2) is 0 Å². The fourth-order valence-corrected chi connectivity index (χ4v) is 5.40. The predicted molar refractivity (Wildman–Crippen MR) is 75.2 cm³/mol. The number of nitrogens with zero attached hydrogens (tertiary/aromatic N) is 1. The molecule has 4 rings (SSSR count). The summed E-state index contributed by atoms with van der Waals surface area (Å²) < 4.78 is 19.3. The second-order valence-electron chi connectivity index (χ2n) is 7.34. The average molecular weight is 282 g/mol. The summed E-state index contributed by atoms with van der Waals surface area (Å²) in [5.74, 6) is 1.02. The van der Waals surface area contributed by atoms with Crippen molar-refractivity contribution in [1.29, 1.82) is 0 Å². The molecule has 2 heterocycles. The van der Waals surface area contributed by atoms with Gasteiger partial charge in [-0.25, -0.2) is 0 Å². The van der Waals surface area contributed by atoms with E-state index in [0.29, 0.717) is 17.9 Å². The van der Waals surface area contributed by atoms with Crippen molar-refractivity contribution in [3.63, 3.8) is 0 Å². The molecule has 2 saturated carbocycles. The molecular weight excluding hydrogens is 254 g/mol. The molecule has 2 saturated heterocycles. The molecule has 4 nitrogen and oxygen atoms in total. The van der Waals surface area contributed by atoms with Gasteiger partial charge in [0, 0.05) is 12.3 Å². The third-order valence-electron chi connectivity index (χ3n) is 6.46. The lowest BCUT2D eigenvalue weighted by Crippen LogP contribution is -2.68. The molecule has 0 N–H and O–H groups in total. The van der Waals surface area contributed by atoms with Gasteiger partial charge in [0.1, 0.15) is 13.1 Å². The van der Waals surface area contributed by atoms with Crippen LogP contribution in [0.2, 0.25) is 0 Å². The van der Waals surface area contributed by atoms with Crippen molar-refractivity contribution in [2.75, 3.05) is 46.6 Å². The maximum Gasteiger partial charge on any atom is 0.179 e. The van der Waals surface area contributed by atoms with E-state index in [2.05, 4.69) is 7.05 Å². The Balaban J connectivity index is 1.64. The predicted octanol–water partition coefficient (Wildman–Crippen LogP) is 1.78.